The van der Waals surface area contributed by atoms with Crippen LogP contribution in [0.2, 0.25) is 0 Å². The smallest absolute Gasteiger partial charge is 0.0752 e. The van der Waals surface area contributed by atoms with Crippen molar-refractivity contribution in [3.05, 3.63) is 0 Å². The molecule has 92 valence electrons. The van der Waals surface area contributed by atoms with Gasteiger partial charge < -0.3 is 15.0 Å². The van der Waals surface area contributed by atoms with E-state index in [0.717, 1.165) is 38.1 Å². The molecule has 3 rings (SSSR count). The number of hydrogen-bond donors (Lipinski definition) is 1. The lowest BCUT2D eigenvalue weighted by Gasteiger charge is -2.25. The molecular formula is C13H24N2O. The molecule has 1 N–H and O–H groups in total. The Hall–Kier alpha value is -0.120. The molecule has 3 nitrogen and oxygen atoms in total. The third-order valence-electron chi connectivity index (χ3n) is 4.50. The van der Waals surface area contributed by atoms with Crippen molar-refractivity contribution in [3.63, 3.8) is 0 Å². The molecule has 0 aromatic heterocycles. The van der Waals surface area contributed by atoms with Crippen LogP contribution < -0.4 is 5.32 Å². The average molecular weight is 224 g/mol. The first-order chi connectivity index (χ1) is 7.92. The van der Waals surface area contributed by atoms with Crippen molar-refractivity contribution in [2.24, 2.45) is 11.8 Å². The first kappa shape index (κ1) is 11.0. The second-order valence-electron chi connectivity index (χ2n) is 5.74. The molecule has 0 bridgehead atoms. The topological polar surface area (TPSA) is 24.5 Å². The van der Waals surface area contributed by atoms with Crippen molar-refractivity contribution in [1.29, 1.82) is 0 Å². The number of ether oxygens (including phenoxy) is 1. The van der Waals surface area contributed by atoms with Crippen molar-refractivity contribution >= 4 is 0 Å². The SMILES string of the molecule is C1CCC(CN2CCO[C@@H]3CNC[C@@H]3C2)C1. The Kier molecular flexibility index (Phi) is 3.46. The zero-order chi connectivity index (χ0) is 10.8. The van der Waals surface area contributed by atoms with Gasteiger partial charge in [-0.15, -0.1) is 0 Å². The predicted molar refractivity (Wildman–Crippen MR) is 64.5 cm³/mol. The van der Waals surface area contributed by atoms with E-state index in [9.17, 15) is 0 Å². The largest absolute Gasteiger partial charge is 0.375 e. The maximum absolute atomic E-state index is 5.92. The fraction of sp³-hybridized carbons (Fsp3) is 1.00. The Bertz CT molecular complexity index is 228. The summed E-state index contributed by atoms with van der Waals surface area (Å²) in [5.74, 6) is 1.72. The molecule has 0 aromatic rings. The molecule has 2 heterocycles. The van der Waals surface area contributed by atoms with E-state index in [-0.39, 0.29) is 0 Å². The van der Waals surface area contributed by atoms with Gasteiger partial charge in [0.2, 0.25) is 0 Å². The van der Waals surface area contributed by atoms with E-state index in [1.807, 2.05) is 0 Å². The van der Waals surface area contributed by atoms with Gasteiger partial charge in [0.15, 0.2) is 0 Å². The third-order valence-corrected chi connectivity index (χ3v) is 4.50. The van der Waals surface area contributed by atoms with Crippen LogP contribution in [-0.2, 0) is 4.74 Å². The van der Waals surface area contributed by atoms with Gasteiger partial charge in [-0.2, -0.15) is 0 Å². The monoisotopic (exact) mass is 224 g/mol. The van der Waals surface area contributed by atoms with Crippen LogP contribution in [0.15, 0.2) is 0 Å². The fourth-order valence-electron chi connectivity index (χ4n) is 3.57. The highest BCUT2D eigenvalue weighted by atomic mass is 16.5. The van der Waals surface area contributed by atoms with Gasteiger partial charge >= 0.3 is 0 Å². The van der Waals surface area contributed by atoms with Crippen LogP contribution in [0.25, 0.3) is 0 Å². The molecule has 0 amide bonds. The summed E-state index contributed by atoms with van der Waals surface area (Å²) < 4.78 is 5.92. The summed E-state index contributed by atoms with van der Waals surface area (Å²) in [5, 5.41) is 3.45. The molecule has 2 atom stereocenters. The van der Waals surface area contributed by atoms with E-state index in [0.29, 0.717) is 6.10 Å². The highest BCUT2D eigenvalue weighted by Gasteiger charge is 2.32. The van der Waals surface area contributed by atoms with Gasteiger partial charge in [-0.1, -0.05) is 12.8 Å². The zero-order valence-electron chi connectivity index (χ0n) is 10.2. The van der Waals surface area contributed by atoms with Crippen LogP contribution in [0.4, 0.5) is 0 Å². The van der Waals surface area contributed by atoms with Crippen molar-refractivity contribution < 1.29 is 4.74 Å². The number of nitrogens with zero attached hydrogens (tertiary/aromatic N) is 1. The Morgan fingerprint density at radius 2 is 2.06 bits per heavy atom. The van der Waals surface area contributed by atoms with E-state index >= 15 is 0 Å². The van der Waals surface area contributed by atoms with Crippen molar-refractivity contribution in [2.45, 2.75) is 31.8 Å². The van der Waals surface area contributed by atoms with E-state index in [1.165, 1.54) is 38.8 Å². The Morgan fingerprint density at radius 3 is 2.94 bits per heavy atom. The summed E-state index contributed by atoms with van der Waals surface area (Å²) in [6.45, 7) is 6.91. The van der Waals surface area contributed by atoms with Gasteiger partial charge in [0.05, 0.1) is 12.7 Å². The summed E-state index contributed by atoms with van der Waals surface area (Å²) in [6, 6.07) is 0. The molecular weight excluding hydrogens is 200 g/mol. The first-order valence-electron chi connectivity index (χ1n) is 6.96. The lowest BCUT2D eigenvalue weighted by Crippen LogP contribution is -2.35. The molecule has 0 aromatic carbocycles. The maximum Gasteiger partial charge on any atom is 0.0752 e. The predicted octanol–water partition coefficient (Wildman–Crippen LogP) is 1.10. The van der Waals surface area contributed by atoms with Gasteiger partial charge in [-0.05, 0) is 18.8 Å². The van der Waals surface area contributed by atoms with E-state index in [4.69, 9.17) is 4.74 Å². The molecule has 2 aliphatic heterocycles. The molecule has 3 fully saturated rings. The summed E-state index contributed by atoms with van der Waals surface area (Å²) in [5.41, 5.74) is 0. The standard InChI is InChI=1S/C13H24N2O/c1-2-4-11(3-1)9-15-5-6-16-13-8-14-7-12(13)10-15/h11-14H,1-10H2/t12-,13-/m1/s1. The van der Waals surface area contributed by atoms with Gasteiger partial charge in [0.25, 0.3) is 0 Å². The Balaban J connectivity index is 1.54. The van der Waals surface area contributed by atoms with Crippen LogP contribution in [0.5, 0.6) is 0 Å². The molecule has 0 spiro atoms. The molecule has 3 heteroatoms. The average Bonchev–Trinajstić information content (AvgIpc) is 2.88. The Morgan fingerprint density at radius 1 is 1.19 bits per heavy atom. The quantitative estimate of drug-likeness (QED) is 0.760. The maximum atomic E-state index is 5.92. The third kappa shape index (κ3) is 2.41. The number of hydrogen-bond acceptors (Lipinski definition) is 3. The number of rotatable bonds is 2. The molecule has 2 saturated heterocycles. The molecule has 0 unspecified atom stereocenters. The van der Waals surface area contributed by atoms with Gasteiger partial charge in [0.1, 0.15) is 0 Å². The van der Waals surface area contributed by atoms with Crippen molar-refractivity contribution in [3.8, 4) is 0 Å². The summed E-state index contributed by atoms with van der Waals surface area (Å²) in [7, 11) is 0. The van der Waals surface area contributed by atoms with Crippen LogP contribution in [0.3, 0.4) is 0 Å². The minimum Gasteiger partial charge on any atom is -0.375 e. The normalized spacial score (nSPS) is 37.5. The first-order valence-corrected chi connectivity index (χ1v) is 6.96. The minimum atomic E-state index is 0.494. The molecule has 3 aliphatic rings. The number of nitrogens with one attached hydrogen (secondary N) is 1. The summed E-state index contributed by atoms with van der Waals surface area (Å²) >= 11 is 0. The van der Waals surface area contributed by atoms with Crippen molar-refractivity contribution in [2.75, 3.05) is 39.3 Å². The molecule has 1 aliphatic carbocycles. The van der Waals surface area contributed by atoms with E-state index in [2.05, 4.69) is 10.2 Å². The van der Waals surface area contributed by atoms with Crippen LogP contribution >= 0.6 is 0 Å². The zero-order valence-corrected chi connectivity index (χ0v) is 10.2. The van der Waals surface area contributed by atoms with Gasteiger partial charge in [0, 0.05) is 38.6 Å². The minimum absolute atomic E-state index is 0.494. The summed E-state index contributed by atoms with van der Waals surface area (Å²) in [6.07, 6.45) is 6.34. The van der Waals surface area contributed by atoms with E-state index in [1.54, 1.807) is 0 Å². The summed E-state index contributed by atoms with van der Waals surface area (Å²) in [4.78, 5) is 2.66. The van der Waals surface area contributed by atoms with Gasteiger partial charge in [-0.3, -0.25) is 0 Å². The lowest BCUT2D eigenvalue weighted by atomic mass is 10.0. The fourth-order valence-corrected chi connectivity index (χ4v) is 3.57. The van der Waals surface area contributed by atoms with E-state index < -0.39 is 0 Å². The molecule has 0 radical (unpaired) electrons. The van der Waals surface area contributed by atoms with Crippen LogP contribution in [-0.4, -0.2) is 50.3 Å². The highest BCUT2D eigenvalue weighted by molar-refractivity contribution is 4.87. The van der Waals surface area contributed by atoms with Crippen LogP contribution in [0, 0.1) is 11.8 Å². The Labute approximate surface area is 98.5 Å². The molecule has 1 saturated carbocycles. The lowest BCUT2D eigenvalue weighted by molar-refractivity contribution is 0.0570. The van der Waals surface area contributed by atoms with Crippen LogP contribution in [0.1, 0.15) is 25.7 Å². The second kappa shape index (κ2) is 5.03. The number of fused-ring (bicyclic) bond motifs is 1. The second-order valence-corrected chi connectivity index (χ2v) is 5.74. The molecule has 16 heavy (non-hydrogen) atoms. The highest BCUT2D eigenvalue weighted by Crippen LogP contribution is 2.27. The van der Waals surface area contributed by atoms with Crippen molar-refractivity contribution in [1.82, 2.24) is 10.2 Å². The van der Waals surface area contributed by atoms with Gasteiger partial charge in [-0.25, -0.2) is 0 Å².